The second-order valence-electron chi connectivity index (χ2n) is 6.22. The first-order chi connectivity index (χ1) is 12.6. The van der Waals surface area contributed by atoms with Crippen molar-refractivity contribution in [2.24, 2.45) is 0 Å². The van der Waals surface area contributed by atoms with E-state index in [1.54, 1.807) is 6.20 Å². The number of nitrogens with one attached hydrogen (secondary N) is 1. The molecule has 26 heavy (non-hydrogen) atoms. The predicted octanol–water partition coefficient (Wildman–Crippen LogP) is 1.93. The number of rotatable bonds is 4. The molecule has 4 rings (SSSR count). The van der Waals surface area contributed by atoms with E-state index >= 15 is 0 Å². The van der Waals surface area contributed by atoms with Crippen molar-refractivity contribution >= 4 is 21.0 Å². The van der Waals surface area contributed by atoms with Crippen molar-refractivity contribution < 1.29 is 12.9 Å². The van der Waals surface area contributed by atoms with E-state index in [2.05, 4.69) is 19.8 Å². The average Bonchev–Trinajstić information content (AvgIpc) is 3.17. The quantitative estimate of drug-likeness (QED) is 0.750. The van der Waals surface area contributed by atoms with Gasteiger partial charge in [0, 0.05) is 37.6 Å². The molecule has 136 valence electrons. The maximum Gasteiger partial charge on any atom is 0.279 e. The van der Waals surface area contributed by atoms with Gasteiger partial charge in [-0.05, 0) is 24.3 Å². The van der Waals surface area contributed by atoms with Crippen LogP contribution in [0.5, 0.6) is 0 Å². The number of piperidine rings is 1. The highest BCUT2D eigenvalue weighted by Crippen LogP contribution is 2.30. The second-order valence-corrected chi connectivity index (χ2v) is 8.09. The highest BCUT2D eigenvalue weighted by atomic mass is 32.2. The van der Waals surface area contributed by atoms with Crippen LogP contribution in [-0.2, 0) is 10.2 Å². The van der Waals surface area contributed by atoms with Crippen LogP contribution in [0.1, 0.15) is 24.7 Å². The predicted molar refractivity (Wildman–Crippen MR) is 96.6 cm³/mol. The van der Waals surface area contributed by atoms with Gasteiger partial charge in [-0.15, -0.1) is 0 Å². The Bertz CT molecular complexity index is 1020. The first-order valence-corrected chi connectivity index (χ1v) is 9.89. The zero-order valence-corrected chi connectivity index (χ0v) is 15.1. The molecular weight excluding hydrogens is 354 g/mol. The molecule has 1 aliphatic rings. The molecule has 1 aromatic carbocycles. The van der Waals surface area contributed by atoms with Gasteiger partial charge in [0.1, 0.15) is 5.69 Å². The number of fused-ring (bicyclic) bond motifs is 1. The van der Waals surface area contributed by atoms with E-state index in [0.717, 1.165) is 10.8 Å². The molecule has 1 fully saturated rings. The van der Waals surface area contributed by atoms with Crippen molar-refractivity contribution in [3.05, 3.63) is 42.4 Å². The SMILES string of the molecule is CNS(=O)(=O)N1CCC(c2nc(-c3nccc4ccccc34)no2)CC1. The van der Waals surface area contributed by atoms with Crippen LogP contribution in [0.4, 0.5) is 0 Å². The third kappa shape index (κ3) is 3.09. The smallest absolute Gasteiger partial charge is 0.279 e. The molecule has 0 atom stereocenters. The first-order valence-electron chi connectivity index (χ1n) is 8.45. The van der Waals surface area contributed by atoms with Crippen molar-refractivity contribution in [3.8, 4) is 11.5 Å². The lowest BCUT2D eigenvalue weighted by atomic mass is 9.98. The zero-order valence-electron chi connectivity index (χ0n) is 14.3. The van der Waals surface area contributed by atoms with E-state index in [-0.39, 0.29) is 5.92 Å². The van der Waals surface area contributed by atoms with Crippen LogP contribution in [-0.4, -0.2) is 48.0 Å². The van der Waals surface area contributed by atoms with E-state index in [9.17, 15) is 8.42 Å². The number of nitrogens with zero attached hydrogens (tertiary/aromatic N) is 4. The van der Waals surface area contributed by atoms with Gasteiger partial charge in [0.2, 0.25) is 11.7 Å². The van der Waals surface area contributed by atoms with E-state index in [1.165, 1.54) is 11.4 Å². The minimum absolute atomic E-state index is 0.0505. The summed E-state index contributed by atoms with van der Waals surface area (Å²) >= 11 is 0. The fourth-order valence-electron chi connectivity index (χ4n) is 3.27. The van der Waals surface area contributed by atoms with E-state index in [4.69, 9.17) is 4.52 Å². The van der Waals surface area contributed by atoms with Gasteiger partial charge >= 0.3 is 0 Å². The number of aromatic nitrogens is 3. The minimum Gasteiger partial charge on any atom is -0.339 e. The summed E-state index contributed by atoms with van der Waals surface area (Å²) < 4.78 is 33.0. The fraction of sp³-hybridized carbons (Fsp3) is 0.353. The normalized spacial score (nSPS) is 17.0. The van der Waals surface area contributed by atoms with Gasteiger partial charge in [0.05, 0.1) is 0 Å². The van der Waals surface area contributed by atoms with Crippen molar-refractivity contribution in [3.63, 3.8) is 0 Å². The summed E-state index contributed by atoms with van der Waals surface area (Å²) in [7, 11) is -1.96. The van der Waals surface area contributed by atoms with Crippen LogP contribution in [0.2, 0.25) is 0 Å². The summed E-state index contributed by atoms with van der Waals surface area (Å²) in [6, 6.07) is 9.86. The van der Waals surface area contributed by atoms with Crippen LogP contribution < -0.4 is 4.72 Å². The van der Waals surface area contributed by atoms with Gasteiger partial charge in [0.15, 0.2) is 0 Å². The summed E-state index contributed by atoms with van der Waals surface area (Å²) in [6.07, 6.45) is 3.02. The maximum atomic E-state index is 11.9. The Morgan fingerprint density at radius 2 is 1.96 bits per heavy atom. The largest absolute Gasteiger partial charge is 0.339 e. The van der Waals surface area contributed by atoms with Crippen LogP contribution in [0.3, 0.4) is 0 Å². The summed E-state index contributed by atoms with van der Waals surface area (Å²) in [6.45, 7) is 0.857. The van der Waals surface area contributed by atoms with Gasteiger partial charge < -0.3 is 4.52 Å². The molecule has 3 aromatic rings. The van der Waals surface area contributed by atoms with Crippen molar-refractivity contribution in [2.75, 3.05) is 20.1 Å². The topological polar surface area (TPSA) is 101 Å². The lowest BCUT2D eigenvalue weighted by Crippen LogP contribution is -2.43. The second kappa shape index (κ2) is 6.75. The summed E-state index contributed by atoms with van der Waals surface area (Å²) in [5.74, 6) is 1.05. The molecule has 0 amide bonds. The van der Waals surface area contributed by atoms with Crippen LogP contribution in [0.25, 0.3) is 22.3 Å². The van der Waals surface area contributed by atoms with Gasteiger partial charge in [0.25, 0.3) is 10.2 Å². The summed E-state index contributed by atoms with van der Waals surface area (Å²) in [4.78, 5) is 8.95. The van der Waals surface area contributed by atoms with Gasteiger partial charge in [-0.3, -0.25) is 4.98 Å². The molecule has 1 saturated heterocycles. The van der Waals surface area contributed by atoms with Gasteiger partial charge in [-0.2, -0.15) is 17.7 Å². The highest BCUT2D eigenvalue weighted by molar-refractivity contribution is 7.87. The fourth-order valence-corrected chi connectivity index (χ4v) is 4.22. The molecule has 0 unspecified atom stereocenters. The van der Waals surface area contributed by atoms with Crippen molar-refractivity contribution in [2.45, 2.75) is 18.8 Å². The van der Waals surface area contributed by atoms with Gasteiger partial charge in [-0.25, -0.2) is 4.72 Å². The average molecular weight is 373 g/mol. The molecule has 0 bridgehead atoms. The molecule has 1 aliphatic heterocycles. The number of hydrogen-bond donors (Lipinski definition) is 1. The van der Waals surface area contributed by atoms with Crippen LogP contribution >= 0.6 is 0 Å². The van der Waals surface area contributed by atoms with Crippen molar-refractivity contribution in [1.29, 1.82) is 0 Å². The Kier molecular flexibility index (Phi) is 4.43. The Morgan fingerprint density at radius 1 is 1.19 bits per heavy atom. The first kappa shape index (κ1) is 17.1. The molecule has 0 aliphatic carbocycles. The summed E-state index contributed by atoms with van der Waals surface area (Å²) in [5, 5.41) is 6.14. The van der Waals surface area contributed by atoms with Crippen LogP contribution in [0.15, 0.2) is 41.1 Å². The Hall–Kier alpha value is -2.36. The molecule has 9 heteroatoms. The van der Waals surface area contributed by atoms with Crippen molar-refractivity contribution in [1.82, 2.24) is 24.2 Å². The molecule has 3 heterocycles. The number of pyridine rings is 1. The minimum atomic E-state index is -3.38. The number of hydrogen-bond acceptors (Lipinski definition) is 6. The monoisotopic (exact) mass is 373 g/mol. The molecular formula is C17H19N5O3S. The summed E-state index contributed by atoms with van der Waals surface area (Å²) in [5.41, 5.74) is 0.688. The molecule has 8 nitrogen and oxygen atoms in total. The third-order valence-electron chi connectivity index (χ3n) is 4.73. The Labute approximate surface area is 151 Å². The lowest BCUT2D eigenvalue weighted by Gasteiger charge is -2.28. The van der Waals surface area contributed by atoms with Crippen LogP contribution in [0, 0.1) is 0 Å². The standard InChI is InChI=1S/C17H19N5O3S/c1-18-26(23,24)22-10-7-13(8-11-22)17-20-16(21-25-17)15-14-5-3-2-4-12(14)6-9-19-15/h2-6,9,13,18H,7-8,10-11H2,1H3. The maximum absolute atomic E-state index is 11.9. The third-order valence-corrected chi connectivity index (χ3v) is 6.29. The van der Waals surface area contributed by atoms with Gasteiger partial charge in [-0.1, -0.05) is 29.4 Å². The van der Waals surface area contributed by atoms with E-state index in [1.807, 2.05) is 30.3 Å². The molecule has 2 aromatic heterocycles. The Balaban J connectivity index is 1.56. The Morgan fingerprint density at radius 3 is 2.73 bits per heavy atom. The highest BCUT2D eigenvalue weighted by Gasteiger charge is 2.30. The van der Waals surface area contributed by atoms with E-state index in [0.29, 0.717) is 43.3 Å². The molecule has 0 radical (unpaired) electrons. The molecule has 0 saturated carbocycles. The lowest BCUT2D eigenvalue weighted by molar-refractivity contribution is 0.269. The van der Waals surface area contributed by atoms with E-state index < -0.39 is 10.2 Å². The zero-order chi connectivity index (χ0) is 18.1. The number of benzene rings is 1. The molecule has 1 N–H and O–H groups in total. The molecule has 0 spiro atoms.